The summed E-state index contributed by atoms with van der Waals surface area (Å²) in [6, 6.07) is 1.65. The molecule has 1 aliphatic heterocycles. The van der Waals surface area contributed by atoms with Crippen molar-refractivity contribution in [2.75, 3.05) is 32.0 Å². The Morgan fingerprint density at radius 3 is 3.09 bits per heavy atom. The highest BCUT2D eigenvalue weighted by Crippen LogP contribution is 2.44. The monoisotopic (exact) mass is 320 g/mol. The summed E-state index contributed by atoms with van der Waals surface area (Å²) in [4.78, 5) is 26.6. The van der Waals surface area contributed by atoms with Crippen LogP contribution in [-0.2, 0) is 9.59 Å². The minimum Gasteiger partial charge on any atom is -0.360 e. The first-order valence-electron chi connectivity index (χ1n) is 8.21. The Kier molecular flexibility index (Phi) is 4.39. The van der Waals surface area contributed by atoms with Crippen LogP contribution >= 0.6 is 0 Å². The van der Waals surface area contributed by atoms with Gasteiger partial charge in [-0.1, -0.05) is 18.0 Å². The van der Waals surface area contributed by atoms with Gasteiger partial charge in [0.25, 0.3) is 0 Å². The Morgan fingerprint density at radius 2 is 2.35 bits per heavy atom. The summed E-state index contributed by atoms with van der Waals surface area (Å²) >= 11 is 0. The van der Waals surface area contributed by atoms with Gasteiger partial charge in [0.2, 0.25) is 11.8 Å². The van der Waals surface area contributed by atoms with Crippen molar-refractivity contribution in [3.63, 3.8) is 0 Å². The van der Waals surface area contributed by atoms with Crippen molar-refractivity contribution in [1.82, 2.24) is 15.4 Å². The van der Waals surface area contributed by atoms with Gasteiger partial charge in [-0.05, 0) is 32.2 Å². The van der Waals surface area contributed by atoms with Crippen LogP contribution < -0.4 is 10.6 Å². The number of nitrogens with zero attached hydrogens (tertiary/aromatic N) is 2. The van der Waals surface area contributed by atoms with Crippen molar-refractivity contribution >= 4 is 17.6 Å². The molecule has 2 atom stereocenters. The van der Waals surface area contributed by atoms with Gasteiger partial charge in [0, 0.05) is 19.7 Å². The number of rotatable bonds is 4. The molecule has 0 spiro atoms. The largest absolute Gasteiger partial charge is 0.360 e. The third kappa shape index (κ3) is 3.10. The lowest BCUT2D eigenvalue weighted by Gasteiger charge is -2.39. The standard InChI is InChI=1S/C16H24N4O3/c1-11-7-13(19-23-11)18-14(21)9-20(2)15(22)16-6-4-3-5-12(16)8-17-10-16/h7,12,17H,3-6,8-10H2,1-2H3,(H,18,19,21)/t12-,16+/m0/s1. The highest BCUT2D eigenvalue weighted by atomic mass is 16.5. The lowest BCUT2D eigenvalue weighted by Crippen LogP contribution is -2.50. The van der Waals surface area contributed by atoms with E-state index in [1.807, 2.05) is 0 Å². The Morgan fingerprint density at radius 1 is 1.52 bits per heavy atom. The zero-order valence-corrected chi connectivity index (χ0v) is 13.7. The Labute approximate surface area is 135 Å². The molecule has 7 heteroatoms. The first-order valence-corrected chi connectivity index (χ1v) is 8.21. The summed E-state index contributed by atoms with van der Waals surface area (Å²) < 4.78 is 4.92. The predicted octanol–water partition coefficient (Wildman–Crippen LogP) is 1.16. The van der Waals surface area contributed by atoms with Crippen molar-refractivity contribution in [1.29, 1.82) is 0 Å². The van der Waals surface area contributed by atoms with Gasteiger partial charge in [0.15, 0.2) is 5.82 Å². The number of carbonyl (C=O) groups excluding carboxylic acids is 2. The summed E-state index contributed by atoms with van der Waals surface area (Å²) in [5.41, 5.74) is -0.322. The van der Waals surface area contributed by atoms with Crippen LogP contribution in [0.3, 0.4) is 0 Å². The second kappa shape index (κ2) is 6.31. The fraction of sp³-hybridized carbons (Fsp3) is 0.688. The van der Waals surface area contributed by atoms with Crippen LogP contribution in [-0.4, -0.2) is 48.6 Å². The van der Waals surface area contributed by atoms with E-state index in [9.17, 15) is 9.59 Å². The highest BCUT2D eigenvalue weighted by Gasteiger charge is 2.50. The second-order valence-electron chi connectivity index (χ2n) is 6.76. The van der Waals surface area contributed by atoms with E-state index in [2.05, 4.69) is 15.8 Å². The molecule has 1 aromatic rings. The number of fused-ring (bicyclic) bond motifs is 1. The fourth-order valence-corrected chi connectivity index (χ4v) is 3.94. The lowest BCUT2D eigenvalue weighted by atomic mass is 9.67. The molecule has 2 aliphatic rings. The quantitative estimate of drug-likeness (QED) is 0.869. The van der Waals surface area contributed by atoms with Crippen molar-refractivity contribution in [2.24, 2.45) is 11.3 Å². The molecule has 1 aromatic heterocycles. The van der Waals surface area contributed by atoms with Gasteiger partial charge in [-0.25, -0.2) is 0 Å². The number of carbonyl (C=O) groups is 2. The van der Waals surface area contributed by atoms with Gasteiger partial charge in [-0.3, -0.25) is 9.59 Å². The summed E-state index contributed by atoms with van der Waals surface area (Å²) in [7, 11) is 1.70. The van der Waals surface area contributed by atoms with E-state index < -0.39 is 0 Å². The molecule has 2 fully saturated rings. The smallest absolute Gasteiger partial charge is 0.245 e. The molecule has 1 saturated carbocycles. The number of hydrogen-bond donors (Lipinski definition) is 2. The van der Waals surface area contributed by atoms with Crippen molar-refractivity contribution in [3.8, 4) is 0 Å². The number of anilines is 1. The Balaban J connectivity index is 1.62. The van der Waals surface area contributed by atoms with E-state index in [-0.39, 0.29) is 23.8 Å². The number of likely N-dealkylation sites (N-methyl/N-ethyl adjacent to an activating group) is 1. The molecule has 0 aromatic carbocycles. The minimum absolute atomic E-state index is 0.0270. The number of amides is 2. The first-order chi connectivity index (χ1) is 11.0. The number of aromatic nitrogens is 1. The van der Waals surface area contributed by atoms with Crippen LogP contribution in [0, 0.1) is 18.3 Å². The molecule has 7 nitrogen and oxygen atoms in total. The van der Waals surface area contributed by atoms with Crippen LogP contribution in [0.25, 0.3) is 0 Å². The zero-order chi connectivity index (χ0) is 16.4. The van der Waals surface area contributed by atoms with Crippen LogP contribution in [0.4, 0.5) is 5.82 Å². The molecule has 0 radical (unpaired) electrons. The minimum atomic E-state index is -0.322. The molecule has 0 bridgehead atoms. The molecule has 0 unspecified atom stereocenters. The first kappa shape index (κ1) is 16.0. The predicted molar refractivity (Wildman–Crippen MR) is 84.8 cm³/mol. The van der Waals surface area contributed by atoms with E-state index in [4.69, 9.17) is 4.52 Å². The molecule has 2 heterocycles. The van der Waals surface area contributed by atoms with Gasteiger partial charge in [-0.15, -0.1) is 0 Å². The Hall–Kier alpha value is -1.89. The maximum absolute atomic E-state index is 13.0. The molecule has 1 aliphatic carbocycles. The van der Waals surface area contributed by atoms with Gasteiger partial charge < -0.3 is 20.1 Å². The Bertz CT molecular complexity index is 600. The average molecular weight is 320 g/mol. The van der Waals surface area contributed by atoms with Crippen molar-refractivity contribution in [2.45, 2.75) is 32.6 Å². The number of aryl methyl sites for hydroxylation is 1. The molecule has 2 amide bonds. The van der Waals surface area contributed by atoms with Crippen LogP contribution in [0.5, 0.6) is 0 Å². The summed E-state index contributed by atoms with van der Waals surface area (Å²) in [5, 5.41) is 9.75. The van der Waals surface area contributed by atoms with Gasteiger partial charge in [0.1, 0.15) is 5.76 Å². The average Bonchev–Trinajstić information content (AvgIpc) is 3.13. The summed E-state index contributed by atoms with van der Waals surface area (Å²) in [6.07, 6.45) is 4.29. The third-order valence-corrected chi connectivity index (χ3v) is 5.09. The molecule has 23 heavy (non-hydrogen) atoms. The summed E-state index contributed by atoms with van der Waals surface area (Å²) in [5.74, 6) is 1.23. The van der Waals surface area contributed by atoms with Crippen LogP contribution in [0.2, 0.25) is 0 Å². The maximum Gasteiger partial charge on any atom is 0.245 e. The fourth-order valence-electron chi connectivity index (χ4n) is 3.94. The van der Waals surface area contributed by atoms with Crippen molar-refractivity contribution < 1.29 is 14.1 Å². The van der Waals surface area contributed by atoms with E-state index in [1.54, 1.807) is 24.9 Å². The third-order valence-electron chi connectivity index (χ3n) is 5.09. The van der Waals surface area contributed by atoms with E-state index in [0.29, 0.717) is 17.5 Å². The number of hydrogen-bond acceptors (Lipinski definition) is 5. The normalized spacial score (nSPS) is 26.6. The van der Waals surface area contributed by atoms with Crippen molar-refractivity contribution in [3.05, 3.63) is 11.8 Å². The molecule has 3 rings (SSSR count). The molecular weight excluding hydrogens is 296 g/mol. The SMILES string of the molecule is Cc1cc(NC(=O)CN(C)C(=O)[C@@]23CCCC[C@H]2CNC3)no1. The summed E-state index contributed by atoms with van der Waals surface area (Å²) in [6.45, 7) is 3.42. The second-order valence-corrected chi connectivity index (χ2v) is 6.76. The highest BCUT2D eigenvalue weighted by molar-refractivity contribution is 5.94. The molecule has 2 N–H and O–H groups in total. The van der Waals surface area contributed by atoms with Crippen LogP contribution in [0.1, 0.15) is 31.4 Å². The molecular formula is C16H24N4O3. The maximum atomic E-state index is 13.0. The number of nitrogens with one attached hydrogen (secondary N) is 2. The van der Waals surface area contributed by atoms with Gasteiger partial charge in [0.05, 0.1) is 12.0 Å². The lowest BCUT2D eigenvalue weighted by molar-refractivity contribution is -0.145. The topological polar surface area (TPSA) is 87.5 Å². The van der Waals surface area contributed by atoms with Gasteiger partial charge in [-0.2, -0.15) is 0 Å². The van der Waals surface area contributed by atoms with E-state index >= 15 is 0 Å². The zero-order valence-electron chi connectivity index (χ0n) is 13.7. The van der Waals surface area contributed by atoms with Crippen LogP contribution in [0.15, 0.2) is 10.6 Å². The van der Waals surface area contributed by atoms with E-state index in [1.165, 1.54) is 6.42 Å². The molecule has 1 saturated heterocycles. The van der Waals surface area contributed by atoms with E-state index in [0.717, 1.165) is 32.4 Å². The molecule has 126 valence electrons. The van der Waals surface area contributed by atoms with Gasteiger partial charge >= 0.3 is 0 Å².